The van der Waals surface area contributed by atoms with Gasteiger partial charge in [-0.05, 0) is 18.9 Å². The molecule has 0 bridgehead atoms. The van der Waals surface area contributed by atoms with Crippen LogP contribution >= 0.6 is 34.8 Å². The van der Waals surface area contributed by atoms with E-state index in [1.54, 1.807) is 6.07 Å². The predicted molar refractivity (Wildman–Crippen MR) is 85.8 cm³/mol. The summed E-state index contributed by atoms with van der Waals surface area (Å²) in [7, 11) is 0. The van der Waals surface area contributed by atoms with Gasteiger partial charge in [0.15, 0.2) is 0 Å². The van der Waals surface area contributed by atoms with Gasteiger partial charge >= 0.3 is 0 Å². The lowest BCUT2D eigenvalue weighted by Crippen LogP contribution is -2.04. The first-order chi connectivity index (χ1) is 9.58. The third kappa shape index (κ3) is 3.08. The summed E-state index contributed by atoms with van der Waals surface area (Å²) in [6.07, 6.45) is 1.91. The minimum Gasteiger partial charge on any atom is -0.220 e. The Labute approximate surface area is 134 Å². The van der Waals surface area contributed by atoms with Gasteiger partial charge in [-0.1, -0.05) is 66.8 Å². The summed E-state index contributed by atoms with van der Waals surface area (Å²) in [5.41, 5.74) is 1.34. The molecule has 2 nitrogen and oxygen atoms in total. The summed E-state index contributed by atoms with van der Waals surface area (Å²) in [5.74, 6) is 0.964. The van der Waals surface area contributed by atoms with E-state index in [0.29, 0.717) is 26.7 Å². The Bertz CT molecular complexity index is 587. The van der Waals surface area contributed by atoms with Crippen LogP contribution in [0, 0.1) is 0 Å². The Morgan fingerprint density at radius 2 is 1.50 bits per heavy atom. The predicted octanol–water partition coefficient (Wildman–Crippen LogP) is 6.01. The lowest BCUT2D eigenvalue weighted by Gasteiger charge is -2.14. The second-order valence-corrected chi connectivity index (χ2v) is 5.65. The zero-order chi connectivity index (χ0) is 14.7. The van der Waals surface area contributed by atoms with Crippen LogP contribution in [-0.2, 0) is 0 Å². The summed E-state index contributed by atoms with van der Waals surface area (Å²) in [6.45, 7) is 4.20. The standard InChI is InChI=1S/C15H15Cl3N2/c1-3-9(4-2)15-19-13(17)12(14(18)20-15)10-7-5-6-8-11(10)16/h5-9H,3-4H2,1-2H3. The van der Waals surface area contributed by atoms with Crippen molar-refractivity contribution in [2.24, 2.45) is 0 Å². The molecule has 0 aliphatic carbocycles. The first-order valence-electron chi connectivity index (χ1n) is 6.56. The molecule has 0 aliphatic heterocycles. The monoisotopic (exact) mass is 328 g/mol. The molecule has 0 saturated carbocycles. The Hall–Kier alpha value is -0.830. The van der Waals surface area contributed by atoms with E-state index in [9.17, 15) is 0 Å². The summed E-state index contributed by atoms with van der Waals surface area (Å²) in [5, 5.41) is 1.27. The lowest BCUT2D eigenvalue weighted by atomic mass is 10.0. The molecule has 5 heteroatoms. The van der Waals surface area contributed by atoms with Crippen molar-refractivity contribution in [2.75, 3.05) is 0 Å². The molecule has 2 aromatic rings. The summed E-state index contributed by atoms with van der Waals surface area (Å²) < 4.78 is 0. The van der Waals surface area contributed by atoms with Gasteiger partial charge in [-0.15, -0.1) is 0 Å². The zero-order valence-electron chi connectivity index (χ0n) is 11.3. The number of nitrogens with zero attached hydrogens (tertiary/aromatic N) is 2. The van der Waals surface area contributed by atoms with Crippen molar-refractivity contribution in [1.82, 2.24) is 9.97 Å². The molecule has 106 valence electrons. The van der Waals surface area contributed by atoms with Crippen LogP contribution in [0.3, 0.4) is 0 Å². The summed E-state index contributed by atoms with van der Waals surface area (Å²) in [6, 6.07) is 7.38. The molecule has 0 amide bonds. The van der Waals surface area contributed by atoms with Gasteiger partial charge in [-0.3, -0.25) is 0 Å². The number of halogens is 3. The summed E-state index contributed by atoms with van der Waals surface area (Å²) in [4.78, 5) is 8.81. The SMILES string of the molecule is CCC(CC)c1nc(Cl)c(-c2ccccc2Cl)c(Cl)n1. The molecule has 0 radical (unpaired) electrons. The van der Waals surface area contributed by atoms with Gasteiger partial charge in [0, 0.05) is 16.5 Å². The molecule has 1 aromatic heterocycles. The molecule has 0 fully saturated rings. The molecule has 0 N–H and O–H groups in total. The van der Waals surface area contributed by atoms with Crippen molar-refractivity contribution in [1.29, 1.82) is 0 Å². The Morgan fingerprint density at radius 1 is 0.950 bits per heavy atom. The van der Waals surface area contributed by atoms with Crippen LogP contribution in [-0.4, -0.2) is 9.97 Å². The Morgan fingerprint density at radius 3 is 2.00 bits per heavy atom. The van der Waals surface area contributed by atoms with Crippen molar-refractivity contribution < 1.29 is 0 Å². The first kappa shape index (κ1) is 15.6. The second kappa shape index (κ2) is 6.75. The average molecular weight is 330 g/mol. The van der Waals surface area contributed by atoms with Gasteiger partial charge in [0.05, 0.1) is 5.56 Å². The molecular formula is C15H15Cl3N2. The molecule has 2 rings (SSSR count). The number of aromatic nitrogens is 2. The van der Waals surface area contributed by atoms with E-state index in [1.807, 2.05) is 18.2 Å². The van der Waals surface area contributed by atoms with Crippen LogP contribution in [0.1, 0.15) is 38.4 Å². The van der Waals surface area contributed by atoms with Gasteiger partial charge in [0.25, 0.3) is 0 Å². The third-order valence-electron chi connectivity index (χ3n) is 3.33. The van der Waals surface area contributed by atoms with E-state index in [4.69, 9.17) is 34.8 Å². The van der Waals surface area contributed by atoms with Gasteiger partial charge in [0.1, 0.15) is 16.1 Å². The van der Waals surface area contributed by atoms with Crippen LogP contribution in [0.2, 0.25) is 15.3 Å². The van der Waals surface area contributed by atoms with Gasteiger partial charge < -0.3 is 0 Å². The Kier molecular flexibility index (Phi) is 5.25. The fraction of sp³-hybridized carbons (Fsp3) is 0.333. The molecule has 0 atom stereocenters. The fourth-order valence-corrected chi connectivity index (χ4v) is 2.98. The maximum Gasteiger partial charge on any atom is 0.142 e. The smallest absolute Gasteiger partial charge is 0.142 e. The highest BCUT2D eigenvalue weighted by Gasteiger charge is 2.19. The normalized spacial score (nSPS) is 11.1. The molecule has 0 aliphatic rings. The topological polar surface area (TPSA) is 25.8 Å². The van der Waals surface area contributed by atoms with Crippen LogP contribution < -0.4 is 0 Å². The molecule has 0 saturated heterocycles. The minimum absolute atomic E-state index is 0.269. The molecule has 20 heavy (non-hydrogen) atoms. The van der Waals surface area contributed by atoms with Crippen molar-refractivity contribution in [2.45, 2.75) is 32.6 Å². The number of hydrogen-bond acceptors (Lipinski definition) is 2. The number of rotatable bonds is 4. The lowest BCUT2D eigenvalue weighted by molar-refractivity contribution is 0.602. The van der Waals surface area contributed by atoms with E-state index in [-0.39, 0.29) is 5.92 Å². The molecule has 1 heterocycles. The van der Waals surface area contributed by atoms with Gasteiger partial charge in [0.2, 0.25) is 0 Å². The minimum atomic E-state index is 0.269. The maximum atomic E-state index is 6.30. The third-order valence-corrected chi connectivity index (χ3v) is 4.21. The van der Waals surface area contributed by atoms with E-state index < -0.39 is 0 Å². The highest BCUT2D eigenvalue weighted by atomic mass is 35.5. The maximum absolute atomic E-state index is 6.30. The van der Waals surface area contributed by atoms with Crippen molar-refractivity contribution in [3.05, 3.63) is 45.4 Å². The van der Waals surface area contributed by atoms with E-state index in [1.165, 1.54) is 0 Å². The van der Waals surface area contributed by atoms with E-state index in [0.717, 1.165) is 18.4 Å². The molecular weight excluding hydrogens is 315 g/mol. The van der Waals surface area contributed by atoms with E-state index in [2.05, 4.69) is 23.8 Å². The Balaban J connectivity index is 2.55. The van der Waals surface area contributed by atoms with Crippen molar-refractivity contribution in [3.63, 3.8) is 0 Å². The molecule has 0 unspecified atom stereocenters. The second-order valence-electron chi connectivity index (χ2n) is 4.53. The van der Waals surface area contributed by atoms with Crippen molar-refractivity contribution >= 4 is 34.8 Å². The number of benzene rings is 1. The number of hydrogen-bond donors (Lipinski definition) is 0. The fourth-order valence-electron chi connectivity index (χ4n) is 2.15. The van der Waals surface area contributed by atoms with E-state index >= 15 is 0 Å². The average Bonchev–Trinajstić information content (AvgIpc) is 2.41. The largest absolute Gasteiger partial charge is 0.220 e. The first-order valence-corrected chi connectivity index (χ1v) is 7.69. The van der Waals surface area contributed by atoms with Crippen LogP contribution in [0.25, 0.3) is 11.1 Å². The van der Waals surface area contributed by atoms with Crippen LogP contribution in [0.4, 0.5) is 0 Å². The van der Waals surface area contributed by atoms with Gasteiger partial charge in [-0.2, -0.15) is 0 Å². The highest BCUT2D eigenvalue weighted by molar-refractivity contribution is 6.40. The van der Waals surface area contributed by atoms with Crippen molar-refractivity contribution in [3.8, 4) is 11.1 Å². The quantitative estimate of drug-likeness (QED) is 0.642. The summed E-state index contributed by atoms with van der Waals surface area (Å²) >= 11 is 18.8. The van der Waals surface area contributed by atoms with Crippen LogP contribution in [0.5, 0.6) is 0 Å². The van der Waals surface area contributed by atoms with Gasteiger partial charge in [-0.25, -0.2) is 9.97 Å². The highest BCUT2D eigenvalue weighted by Crippen LogP contribution is 2.37. The van der Waals surface area contributed by atoms with Crippen LogP contribution in [0.15, 0.2) is 24.3 Å². The molecule has 0 spiro atoms. The zero-order valence-corrected chi connectivity index (χ0v) is 13.6. The molecule has 1 aromatic carbocycles.